The molecule has 0 aromatic heterocycles. The van der Waals surface area contributed by atoms with Gasteiger partial charge in [0.15, 0.2) is 0 Å². The number of halogens is 2. The van der Waals surface area contributed by atoms with Crippen LogP contribution < -0.4 is 0 Å². The highest BCUT2D eigenvalue weighted by Crippen LogP contribution is 2.29. The highest BCUT2D eigenvalue weighted by molar-refractivity contribution is 9.10. The molecule has 0 radical (unpaired) electrons. The van der Waals surface area contributed by atoms with E-state index in [0.29, 0.717) is 0 Å². The molecule has 1 N–H and O–H groups in total. The van der Waals surface area contributed by atoms with Crippen molar-refractivity contribution in [1.82, 2.24) is 9.80 Å². The number of rotatable bonds is 4. The molecule has 6 heteroatoms. The minimum Gasteiger partial charge on any atom is -0.480 e. The van der Waals surface area contributed by atoms with Gasteiger partial charge in [-0.15, -0.1) is 0 Å². The molecule has 0 bridgehead atoms. The molecule has 1 aliphatic rings. The number of nitrogens with zero attached hydrogens (tertiary/aromatic N) is 2. The minimum atomic E-state index is -0.780. The summed E-state index contributed by atoms with van der Waals surface area (Å²) in [6.45, 7) is 5.49. The highest BCUT2D eigenvalue weighted by atomic mass is 79.9. The van der Waals surface area contributed by atoms with Crippen molar-refractivity contribution in [3.63, 3.8) is 0 Å². The molecule has 1 aliphatic heterocycles. The average Bonchev–Trinajstić information content (AvgIpc) is 2.63. The van der Waals surface area contributed by atoms with Crippen molar-refractivity contribution >= 4 is 21.9 Å². The molecule has 1 fully saturated rings. The van der Waals surface area contributed by atoms with E-state index in [9.17, 15) is 9.18 Å². The van der Waals surface area contributed by atoms with Crippen molar-refractivity contribution in [3.05, 3.63) is 34.1 Å². The smallest absolute Gasteiger partial charge is 0.317 e. The van der Waals surface area contributed by atoms with Gasteiger partial charge in [0, 0.05) is 36.7 Å². The SMILES string of the molecule is CC(c1ccc(F)cc1Br)N1CCCN(CC(=O)O)CC1. The van der Waals surface area contributed by atoms with Crippen LogP contribution in [0.3, 0.4) is 0 Å². The number of aliphatic carboxylic acids is 1. The average molecular weight is 359 g/mol. The Morgan fingerprint density at radius 3 is 2.81 bits per heavy atom. The molecule has 0 spiro atoms. The second-order valence-corrected chi connectivity index (χ2v) is 6.26. The predicted molar refractivity (Wildman–Crippen MR) is 82.8 cm³/mol. The fourth-order valence-corrected chi connectivity index (χ4v) is 3.45. The fourth-order valence-electron chi connectivity index (χ4n) is 2.76. The summed E-state index contributed by atoms with van der Waals surface area (Å²) >= 11 is 3.42. The largest absolute Gasteiger partial charge is 0.480 e. The summed E-state index contributed by atoms with van der Waals surface area (Å²) < 4.78 is 14.0. The van der Waals surface area contributed by atoms with Crippen LogP contribution in [0.1, 0.15) is 24.9 Å². The molecule has 1 saturated heterocycles. The van der Waals surface area contributed by atoms with Crippen molar-refractivity contribution in [3.8, 4) is 0 Å². The summed E-state index contributed by atoms with van der Waals surface area (Å²) in [5, 5.41) is 8.88. The van der Waals surface area contributed by atoms with E-state index in [4.69, 9.17) is 5.11 Å². The Morgan fingerprint density at radius 1 is 1.38 bits per heavy atom. The third-order valence-electron chi connectivity index (χ3n) is 3.94. The van der Waals surface area contributed by atoms with Gasteiger partial charge in [-0.3, -0.25) is 14.6 Å². The molecule has 1 heterocycles. The first kappa shape index (κ1) is 16.4. The van der Waals surface area contributed by atoms with Crippen LogP contribution in [0.25, 0.3) is 0 Å². The number of hydrogen-bond donors (Lipinski definition) is 1. The Hall–Kier alpha value is -0.980. The van der Waals surface area contributed by atoms with Gasteiger partial charge in [0.1, 0.15) is 5.82 Å². The van der Waals surface area contributed by atoms with E-state index < -0.39 is 5.97 Å². The van der Waals surface area contributed by atoms with Crippen LogP contribution in [0, 0.1) is 5.82 Å². The minimum absolute atomic E-state index is 0.0997. The van der Waals surface area contributed by atoms with Crippen molar-refractivity contribution in [2.75, 3.05) is 32.7 Å². The maximum atomic E-state index is 13.2. The number of benzene rings is 1. The van der Waals surface area contributed by atoms with Gasteiger partial charge < -0.3 is 5.11 Å². The van der Waals surface area contributed by atoms with Crippen molar-refractivity contribution in [1.29, 1.82) is 0 Å². The highest BCUT2D eigenvalue weighted by Gasteiger charge is 2.22. The van der Waals surface area contributed by atoms with Gasteiger partial charge in [-0.2, -0.15) is 0 Å². The van der Waals surface area contributed by atoms with Crippen LogP contribution in [0.15, 0.2) is 22.7 Å². The molecule has 1 atom stereocenters. The lowest BCUT2D eigenvalue weighted by Gasteiger charge is -2.28. The summed E-state index contributed by atoms with van der Waals surface area (Å²) in [4.78, 5) is 15.1. The van der Waals surface area contributed by atoms with Crippen LogP contribution in [0.4, 0.5) is 4.39 Å². The van der Waals surface area contributed by atoms with Crippen LogP contribution in [0.5, 0.6) is 0 Å². The lowest BCUT2D eigenvalue weighted by atomic mass is 10.1. The summed E-state index contributed by atoms with van der Waals surface area (Å²) in [5.74, 6) is -1.03. The van der Waals surface area contributed by atoms with E-state index in [1.54, 1.807) is 0 Å². The lowest BCUT2D eigenvalue weighted by molar-refractivity contribution is -0.138. The monoisotopic (exact) mass is 358 g/mol. The third-order valence-corrected chi connectivity index (χ3v) is 4.63. The molecule has 1 aromatic rings. The Balaban J connectivity index is 2.02. The maximum absolute atomic E-state index is 13.2. The molecule has 2 rings (SSSR count). The van der Waals surface area contributed by atoms with Crippen LogP contribution >= 0.6 is 15.9 Å². The zero-order valence-electron chi connectivity index (χ0n) is 12.1. The third kappa shape index (κ3) is 4.49. The maximum Gasteiger partial charge on any atom is 0.317 e. The van der Waals surface area contributed by atoms with Crippen LogP contribution in [0.2, 0.25) is 0 Å². The summed E-state index contributed by atoms with van der Waals surface area (Å²) in [6, 6.07) is 4.94. The van der Waals surface area contributed by atoms with Crippen molar-refractivity contribution in [2.45, 2.75) is 19.4 Å². The van der Waals surface area contributed by atoms with Gasteiger partial charge in [0.25, 0.3) is 0 Å². The molecule has 0 amide bonds. The predicted octanol–water partition coefficient (Wildman–Crippen LogP) is 2.74. The second-order valence-electron chi connectivity index (χ2n) is 5.40. The molecular formula is C15H20BrFN2O2. The molecule has 1 aromatic carbocycles. The first-order valence-electron chi connectivity index (χ1n) is 7.10. The van der Waals surface area contributed by atoms with Crippen molar-refractivity contribution in [2.24, 2.45) is 0 Å². The van der Waals surface area contributed by atoms with Crippen LogP contribution in [-0.4, -0.2) is 53.6 Å². The number of carboxylic acid groups (broad SMARTS) is 1. The fraction of sp³-hybridized carbons (Fsp3) is 0.533. The van der Waals surface area contributed by atoms with E-state index in [2.05, 4.69) is 27.8 Å². The Bertz CT molecular complexity index is 512. The molecular weight excluding hydrogens is 339 g/mol. The quantitative estimate of drug-likeness (QED) is 0.898. The van der Waals surface area contributed by atoms with Gasteiger partial charge in [-0.25, -0.2) is 4.39 Å². The number of carboxylic acids is 1. The van der Waals surface area contributed by atoms with Crippen LogP contribution in [-0.2, 0) is 4.79 Å². The zero-order chi connectivity index (χ0) is 15.4. The normalized spacial score (nSPS) is 19.2. The topological polar surface area (TPSA) is 43.8 Å². The van der Waals surface area contributed by atoms with Gasteiger partial charge in [0.2, 0.25) is 0 Å². The van der Waals surface area contributed by atoms with Gasteiger partial charge in [-0.1, -0.05) is 22.0 Å². The first-order valence-corrected chi connectivity index (χ1v) is 7.90. The van der Waals surface area contributed by atoms with E-state index >= 15 is 0 Å². The Morgan fingerprint density at radius 2 is 2.14 bits per heavy atom. The van der Waals surface area contributed by atoms with E-state index in [1.807, 2.05) is 11.0 Å². The molecule has 116 valence electrons. The van der Waals surface area contributed by atoms with E-state index in [-0.39, 0.29) is 18.4 Å². The number of hydrogen-bond acceptors (Lipinski definition) is 3. The molecule has 0 aliphatic carbocycles. The molecule has 4 nitrogen and oxygen atoms in total. The summed E-state index contributed by atoms with van der Waals surface area (Å²) in [5.41, 5.74) is 1.06. The standard InChI is InChI=1S/C15H20BrFN2O2/c1-11(13-4-3-12(17)9-14(13)16)19-6-2-5-18(7-8-19)10-15(20)21/h3-4,9,11H,2,5-8,10H2,1H3,(H,20,21). The first-order chi connectivity index (χ1) is 9.97. The second kappa shape index (κ2) is 7.33. The molecule has 1 unspecified atom stereocenters. The van der Waals surface area contributed by atoms with E-state index in [0.717, 1.165) is 42.6 Å². The summed E-state index contributed by atoms with van der Waals surface area (Å²) in [6.07, 6.45) is 0.941. The molecule has 0 saturated carbocycles. The summed E-state index contributed by atoms with van der Waals surface area (Å²) in [7, 11) is 0. The zero-order valence-corrected chi connectivity index (χ0v) is 13.6. The molecule has 21 heavy (non-hydrogen) atoms. The van der Waals surface area contributed by atoms with Crippen molar-refractivity contribution < 1.29 is 14.3 Å². The van der Waals surface area contributed by atoms with Gasteiger partial charge in [-0.05, 0) is 31.0 Å². The Kier molecular flexibility index (Phi) is 5.72. The Labute approximate surface area is 132 Å². The number of carbonyl (C=O) groups is 1. The van der Waals surface area contributed by atoms with Gasteiger partial charge in [0.05, 0.1) is 6.54 Å². The lowest BCUT2D eigenvalue weighted by Crippen LogP contribution is -2.35. The van der Waals surface area contributed by atoms with Gasteiger partial charge >= 0.3 is 5.97 Å². The van der Waals surface area contributed by atoms with E-state index in [1.165, 1.54) is 12.1 Å².